The van der Waals surface area contributed by atoms with Crippen LogP contribution in [0.1, 0.15) is 16.7 Å². The summed E-state index contributed by atoms with van der Waals surface area (Å²) in [6, 6.07) is 30.2. The van der Waals surface area contributed by atoms with Gasteiger partial charge in [0.1, 0.15) is 0 Å². The molecule has 5 heterocycles. The van der Waals surface area contributed by atoms with E-state index in [9.17, 15) is 0 Å². The second-order valence-corrected chi connectivity index (χ2v) is 11.4. The minimum atomic E-state index is 0. The molecule has 0 N–H and O–H groups in total. The number of fused-ring (bicyclic) bond motifs is 12. The summed E-state index contributed by atoms with van der Waals surface area (Å²) in [6.07, 6.45) is 9.40. The maximum absolute atomic E-state index is 6.40. The van der Waals surface area contributed by atoms with Crippen LogP contribution < -0.4 is 4.74 Å². The van der Waals surface area contributed by atoms with E-state index in [0.717, 1.165) is 54.8 Å². The van der Waals surface area contributed by atoms with Gasteiger partial charge in [0, 0.05) is 48.0 Å². The van der Waals surface area contributed by atoms with Crippen LogP contribution in [0.4, 0.5) is 0 Å². The minimum absolute atomic E-state index is 0. The molecule has 0 amide bonds. The van der Waals surface area contributed by atoms with Crippen LogP contribution in [0.15, 0.2) is 97.7 Å². The molecule has 0 aliphatic heterocycles. The largest absolute Gasteiger partial charge is 2.00 e. The van der Waals surface area contributed by atoms with Crippen molar-refractivity contribution in [3.8, 4) is 22.6 Å². The monoisotopic (exact) mass is 762 g/mol. The van der Waals surface area contributed by atoms with Gasteiger partial charge in [-0.2, -0.15) is 0 Å². The van der Waals surface area contributed by atoms with Crippen LogP contribution >= 0.6 is 0 Å². The summed E-state index contributed by atoms with van der Waals surface area (Å²) >= 11 is 0. The van der Waals surface area contributed by atoms with Gasteiger partial charge >= 0.3 is 21.1 Å². The maximum atomic E-state index is 6.40. The van der Waals surface area contributed by atoms with E-state index in [4.69, 9.17) is 9.72 Å². The maximum Gasteiger partial charge on any atom is 2.00 e. The summed E-state index contributed by atoms with van der Waals surface area (Å²) in [5.74, 6) is 1.18. The third-order valence-corrected chi connectivity index (χ3v) is 8.60. The Labute approximate surface area is 273 Å². The van der Waals surface area contributed by atoms with Gasteiger partial charge in [-0.15, -0.1) is 12.1 Å². The zero-order valence-corrected chi connectivity index (χ0v) is 27.0. The Balaban J connectivity index is 0.00000300. The first-order chi connectivity index (χ1) is 21.5. The fourth-order valence-corrected chi connectivity index (χ4v) is 6.88. The molecule has 9 rings (SSSR count). The van der Waals surface area contributed by atoms with Crippen molar-refractivity contribution in [3.63, 3.8) is 0 Å². The number of nitrogens with zero attached hydrogens (tertiary/aromatic N) is 5. The van der Waals surface area contributed by atoms with Crippen molar-refractivity contribution in [2.24, 2.45) is 0 Å². The Morgan fingerprint density at radius 1 is 0.622 bits per heavy atom. The molecule has 0 saturated heterocycles. The molecular formula is C38H25N5OPt. The predicted molar refractivity (Wildman–Crippen MR) is 176 cm³/mol. The molecule has 0 spiro atoms. The van der Waals surface area contributed by atoms with Crippen molar-refractivity contribution >= 4 is 54.8 Å². The summed E-state index contributed by atoms with van der Waals surface area (Å²) < 4.78 is 10.6. The molecule has 6 nitrogen and oxygen atoms in total. The van der Waals surface area contributed by atoms with Gasteiger partial charge in [-0.25, -0.2) is 0 Å². The SMILES string of the molecule is Cc1cc(C)c(-c2ccc3c(c2)c2ccc(Oc4[c-]c5c(cc4)c4ncccc4n4ccnc54)[c-]c2c2nccn32)c(C)c1.[Pt+2]. The van der Waals surface area contributed by atoms with Gasteiger partial charge < -0.3 is 13.5 Å². The van der Waals surface area contributed by atoms with Crippen molar-refractivity contribution in [1.29, 1.82) is 0 Å². The molecule has 7 heteroatoms. The third kappa shape index (κ3) is 4.17. The molecule has 0 unspecified atom stereocenters. The molecule has 0 fully saturated rings. The number of aryl methyl sites for hydroxylation is 3. The van der Waals surface area contributed by atoms with Gasteiger partial charge in [-0.1, -0.05) is 75.6 Å². The van der Waals surface area contributed by atoms with E-state index >= 15 is 0 Å². The molecule has 218 valence electrons. The number of benzene rings is 4. The first kappa shape index (κ1) is 27.5. The van der Waals surface area contributed by atoms with Crippen LogP contribution in [0.2, 0.25) is 0 Å². The molecule has 0 aliphatic carbocycles. The van der Waals surface area contributed by atoms with Crippen LogP contribution in [-0.4, -0.2) is 23.8 Å². The standard InChI is InChI=1S/C38H25N5O.Pt/c1-22-17-23(2)35(24(3)18-22)25-6-11-33-30(19-25)28-9-7-26(20-31(28)37-40-13-15-42(33)37)44-27-8-10-29-32(21-27)38-41-14-16-43(38)34-5-4-12-39-36(29)34;/h4-19H,1-3H3;/q-2;+2. The normalized spacial score (nSPS) is 11.7. The van der Waals surface area contributed by atoms with E-state index in [0.29, 0.717) is 11.5 Å². The van der Waals surface area contributed by atoms with E-state index in [-0.39, 0.29) is 21.1 Å². The van der Waals surface area contributed by atoms with Crippen LogP contribution in [-0.2, 0) is 21.1 Å². The predicted octanol–water partition coefficient (Wildman–Crippen LogP) is 8.97. The average molecular weight is 763 g/mol. The third-order valence-electron chi connectivity index (χ3n) is 8.60. The van der Waals surface area contributed by atoms with Crippen molar-refractivity contribution in [1.82, 2.24) is 23.8 Å². The second-order valence-electron chi connectivity index (χ2n) is 11.4. The summed E-state index contributed by atoms with van der Waals surface area (Å²) in [4.78, 5) is 14.0. The quantitative estimate of drug-likeness (QED) is 0.133. The topological polar surface area (TPSA) is 56.7 Å². The number of hydrogen-bond acceptors (Lipinski definition) is 4. The smallest absolute Gasteiger partial charge is 0.497 e. The number of aromatic nitrogens is 5. The molecule has 0 aliphatic rings. The Morgan fingerprint density at radius 2 is 1.27 bits per heavy atom. The summed E-state index contributed by atoms with van der Waals surface area (Å²) in [6.45, 7) is 6.53. The molecule has 0 radical (unpaired) electrons. The number of imidazole rings is 2. The molecule has 0 bridgehead atoms. The van der Waals surface area contributed by atoms with Crippen LogP contribution in [0.25, 0.3) is 65.9 Å². The van der Waals surface area contributed by atoms with Crippen LogP contribution in [0.5, 0.6) is 11.5 Å². The van der Waals surface area contributed by atoms with Gasteiger partial charge in [0.25, 0.3) is 0 Å². The van der Waals surface area contributed by atoms with Crippen LogP contribution in [0, 0.1) is 32.9 Å². The Morgan fingerprint density at radius 3 is 1.98 bits per heavy atom. The molecule has 9 aromatic rings. The summed E-state index contributed by atoms with van der Waals surface area (Å²) in [7, 11) is 0. The van der Waals surface area contributed by atoms with E-state index in [1.165, 1.54) is 27.8 Å². The average Bonchev–Trinajstić information content (AvgIpc) is 3.72. The zero-order valence-electron chi connectivity index (χ0n) is 24.7. The summed E-state index contributed by atoms with van der Waals surface area (Å²) in [5.41, 5.74) is 11.0. The number of ether oxygens (including phenoxy) is 1. The van der Waals surface area contributed by atoms with Gasteiger partial charge in [-0.05, 0) is 66.6 Å². The molecule has 45 heavy (non-hydrogen) atoms. The molecule has 5 aromatic heterocycles. The fraction of sp³-hybridized carbons (Fsp3) is 0.0789. The van der Waals surface area contributed by atoms with E-state index in [1.807, 2.05) is 53.5 Å². The summed E-state index contributed by atoms with van der Waals surface area (Å²) in [5, 5.41) is 4.96. The van der Waals surface area contributed by atoms with Gasteiger partial charge in [0.2, 0.25) is 0 Å². The van der Waals surface area contributed by atoms with E-state index < -0.39 is 0 Å². The van der Waals surface area contributed by atoms with Gasteiger partial charge in [-0.3, -0.25) is 15.0 Å². The number of rotatable bonds is 3. The van der Waals surface area contributed by atoms with Gasteiger partial charge in [0.05, 0.1) is 22.3 Å². The number of pyridine rings is 3. The van der Waals surface area contributed by atoms with E-state index in [1.54, 1.807) is 6.20 Å². The first-order valence-electron chi connectivity index (χ1n) is 14.6. The van der Waals surface area contributed by atoms with Crippen molar-refractivity contribution in [3.05, 3.63) is 127 Å². The van der Waals surface area contributed by atoms with Crippen LogP contribution in [0.3, 0.4) is 0 Å². The molecule has 0 saturated carbocycles. The first-order valence-corrected chi connectivity index (χ1v) is 14.6. The van der Waals surface area contributed by atoms with Crippen molar-refractivity contribution < 1.29 is 25.8 Å². The fourth-order valence-electron chi connectivity index (χ4n) is 6.88. The zero-order chi connectivity index (χ0) is 29.5. The Hall–Kier alpha value is -5.06. The molecule has 4 aromatic carbocycles. The van der Waals surface area contributed by atoms with Crippen molar-refractivity contribution in [2.75, 3.05) is 0 Å². The van der Waals surface area contributed by atoms with Gasteiger partial charge in [0.15, 0.2) is 0 Å². The van der Waals surface area contributed by atoms with Crippen molar-refractivity contribution in [2.45, 2.75) is 20.8 Å². The minimum Gasteiger partial charge on any atom is -0.497 e. The number of hydrogen-bond donors (Lipinski definition) is 0. The Bertz CT molecular complexity index is 2610. The van der Waals surface area contributed by atoms with E-state index in [2.05, 4.69) is 89.7 Å². The molecular weight excluding hydrogens is 738 g/mol. The Kier molecular flexibility index (Phi) is 6.26. The molecule has 0 atom stereocenters. The second kappa shape index (κ2) is 10.3.